The van der Waals surface area contributed by atoms with E-state index in [1.54, 1.807) is 12.1 Å². The van der Waals surface area contributed by atoms with Gasteiger partial charge in [0.25, 0.3) is 0 Å². The van der Waals surface area contributed by atoms with E-state index in [0.717, 1.165) is 24.6 Å². The summed E-state index contributed by atoms with van der Waals surface area (Å²) in [4.78, 5) is 2.74. The Morgan fingerprint density at radius 1 is 1.33 bits per heavy atom. The molecule has 2 unspecified atom stereocenters. The maximum Gasteiger partial charge on any atom is 0.238 e. The average Bonchev–Trinajstić information content (AvgIpc) is 3.19. The van der Waals surface area contributed by atoms with Crippen molar-refractivity contribution in [1.29, 1.82) is 0 Å². The summed E-state index contributed by atoms with van der Waals surface area (Å²) in [6.45, 7) is 4.35. The van der Waals surface area contributed by atoms with Crippen LogP contribution in [0.5, 0.6) is 0 Å². The molecule has 3 rings (SSSR count). The van der Waals surface area contributed by atoms with Gasteiger partial charge in [-0.2, -0.15) is 0 Å². The van der Waals surface area contributed by atoms with Crippen LogP contribution in [0.1, 0.15) is 37.8 Å². The van der Waals surface area contributed by atoms with E-state index in [-0.39, 0.29) is 10.9 Å². The van der Waals surface area contributed by atoms with Crippen molar-refractivity contribution in [3.05, 3.63) is 29.8 Å². The lowest BCUT2D eigenvalue weighted by molar-refractivity contribution is 0.313. The lowest BCUT2D eigenvalue weighted by Gasteiger charge is -2.21. The number of sulfonamides is 1. The quantitative estimate of drug-likeness (QED) is 0.857. The van der Waals surface area contributed by atoms with E-state index in [2.05, 4.69) is 17.1 Å². The molecule has 1 saturated carbocycles. The molecule has 0 bridgehead atoms. The molecule has 0 aromatic heterocycles. The molecule has 1 aromatic carbocycles. The van der Waals surface area contributed by atoms with Gasteiger partial charge in [-0.05, 0) is 43.9 Å². The zero-order valence-corrected chi connectivity index (χ0v) is 13.1. The first kappa shape index (κ1) is 15.0. The highest BCUT2D eigenvalue weighted by atomic mass is 32.2. The van der Waals surface area contributed by atoms with E-state index in [1.165, 1.54) is 25.5 Å². The third kappa shape index (κ3) is 3.63. The Hall–Kier alpha value is -0.950. The summed E-state index contributed by atoms with van der Waals surface area (Å²) < 4.78 is 22.9. The van der Waals surface area contributed by atoms with E-state index in [4.69, 9.17) is 5.14 Å². The first-order chi connectivity index (χ1) is 9.93. The summed E-state index contributed by atoms with van der Waals surface area (Å²) in [5, 5.41) is 8.80. The molecule has 21 heavy (non-hydrogen) atoms. The molecule has 1 saturated heterocycles. The van der Waals surface area contributed by atoms with Crippen molar-refractivity contribution in [3.63, 3.8) is 0 Å². The summed E-state index contributed by atoms with van der Waals surface area (Å²) in [6.07, 6.45) is 3.85. The number of nitrogens with zero attached hydrogens (tertiary/aromatic N) is 1. The predicted molar refractivity (Wildman–Crippen MR) is 82.4 cm³/mol. The Balaban J connectivity index is 1.64. The van der Waals surface area contributed by atoms with Crippen molar-refractivity contribution in [2.45, 2.75) is 49.2 Å². The van der Waals surface area contributed by atoms with E-state index >= 15 is 0 Å². The van der Waals surface area contributed by atoms with Crippen LogP contribution in [0.4, 0.5) is 0 Å². The average molecular weight is 309 g/mol. The van der Waals surface area contributed by atoms with Crippen molar-refractivity contribution in [3.8, 4) is 0 Å². The monoisotopic (exact) mass is 309 g/mol. The molecular weight excluding hydrogens is 286 g/mol. The highest BCUT2D eigenvalue weighted by molar-refractivity contribution is 7.89. The second kappa shape index (κ2) is 5.68. The fraction of sp³-hybridized carbons (Fsp3) is 0.600. The van der Waals surface area contributed by atoms with Gasteiger partial charge < -0.3 is 5.32 Å². The Kier molecular flexibility index (Phi) is 4.05. The van der Waals surface area contributed by atoms with Gasteiger partial charge in [0.15, 0.2) is 0 Å². The molecule has 0 amide bonds. The van der Waals surface area contributed by atoms with Crippen LogP contribution >= 0.6 is 0 Å². The first-order valence-corrected chi connectivity index (χ1v) is 9.11. The number of benzene rings is 1. The molecular formula is C15H23N3O2S. The van der Waals surface area contributed by atoms with E-state index < -0.39 is 10.0 Å². The van der Waals surface area contributed by atoms with E-state index in [0.29, 0.717) is 6.04 Å². The minimum atomic E-state index is -3.63. The zero-order valence-electron chi connectivity index (χ0n) is 12.3. The van der Waals surface area contributed by atoms with E-state index in [1.807, 2.05) is 6.07 Å². The first-order valence-electron chi connectivity index (χ1n) is 7.56. The molecule has 0 radical (unpaired) electrons. The van der Waals surface area contributed by atoms with Crippen LogP contribution in [0.2, 0.25) is 0 Å². The number of primary sulfonamides is 1. The molecule has 2 aliphatic rings. The summed E-state index contributed by atoms with van der Waals surface area (Å²) in [6, 6.07) is 8.32. The van der Waals surface area contributed by atoms with Gasteiger partial charge in [-0.3, -0.25) is 4.90 Å². The van der Waals surface area contributed by atoms with Crippen molar-refractivity contribution < 1.29 is 8.42 Å². The van der Waals surface area contributed by atoms with Gasteiger partial charge in [-0.1, -0.05) is 12.1 Å². The minimum absolute atomic E-state index is 0.121. The van der Waals surface area contributed by atoms with Crippen LogP contribution < -0.4 is 10.5 Å². The van der Waals surface area contributed by atoms with Gasteiger partial charge >= 0.3 is 0 Å². The largest absolute Gasteiger partial charge is 0.306 e. The van der Waals surface area contributed by atoms with Crippen molar-refractivity contribution >= 4 is 10.0 Å². The van der Waals surface area contributed by atoms with Crippen LogP contribution in [0.25, 0.3) is 0 Å². The SMILES string of the molecule is CC(NC1CCN(C2CC2)C1)c1cccc(S(N)(=O)=O)c1. The predicted octanol–water partition coefficient (Wildman–Crippen LogP) is 1.22. The number of likely N-dealkylation sites (tertiary alicyclic amines) is 1. The standard InChI is InChI=1S/C15H23N3O2S/c1-11(12-3-2-4-15(9-12)21(16,19)20)17-13-7-8-18(10-13)14-5-6-14/h2-4,9,11,13-14,17H,5-8,10H2,1H3,(H2,16,19,20). The highest BCUT2D eigenvalue weighted by Crippen LogP contribution is 2.30. The van der Waals surface area contributed by atoms with Gasteiger partial charge in [0.2, 0.25) is 10.0 Å². The van der Waals surface area contributed by atoms with Gasteiger partial charge in [0.05, 0.1) is 4.90 Å². The molecule has 3 N–H and O–H groups in total. The van der Waals surface area contributed by atoms with Gasteiger partial charge in [-0.25, -0.2) is 13.6 Å². The van der Waals surface area contributed by atoms with Crippen LogP contribution in [0.3, 0.4) is 0 Å². The van der Waals surface area contributed by atoms with Crippen LogP contribution in [0.15, 0.2) is 29.2 Å². The summed E-state index contributed by atoms with van der Waals surface area (Å²) in [5.41, 5.74) is 0.964. The fourth-order valence-corrected chi connectivity index (χ4v) is 3.67. The van der Waals surface area contributed by atoms with Crippen LogP contribution in [0, 0.1) is 0 Å². The van der Waals surface area contributed by atoms with Crippen molar-refractivity contribution in [2.75, 3.05) is 13.1 Å². The smallest absolute Gasteiger partial charge is 0.238 e. The normalized spacial score (nSPS) is 25.1. The molecule has 2 fully saturated rings. The second-order valence-corrected chi connectivity index (χ2v) is 7.78. The lowest BCUT2D eigenvalue weighted by Crippen LogP contribution is -2.35. The number of hydrogen-bond donors (Lipinski definition) is 2. The van der Waals surface area contributed by atoms with Crippen LogP contribution in [-0.2, 0) is 10.0 Å². The van der Waals surface area contributed by atoms with Gasteiger partial charge in [-0.15, -0.1) is 0 Å². The molecule has 2 atom stereocenters. The lowest BCUT2D eigenvalue weighted by atomic mass is 10.1. The Bertz CT molecular complexity index is 613. The molecule has 5 nitrogen and oxygen atoms in total. The Morgan fingerprint density at radius 3 is 2.76 bits per heavy atom. The molecule has 6 heteroatoms. The number of hydrogen-bond acceptors (Lipinski definition) is 4. The fourth-order valence-electron chi connectivity index (χ4n) is 3.11. The van der Waals surface area contributed by atoms with Gasteiger partial charge in [0.1, 0.15) is 0 Å². The Morgan fingerprint density at radius 2 is 2.10 bits per heavy atom. The zero-order chi connectivity index (χ0) is 15.0. The van der Waals surface area contributed by atoms with Gasteiger partial charge in [0, 0.05) is 31.2 Å². The Labute approximate surface area is 126 Å². The summed E-state index contributed by atoms with van der Waals surface area (Å²) in [7, 11) is -3.63. The molecule has 0 spiro atoms. The molecule has 116 valence electrons. The third-order valence-electron chi connectivity index (χ3n) is 4.46. The molecule has 1 aliphatic carbocycles. The van der Waals surface area contributed by atoms with Crippen molar-refractivity contribution in [2.24, 2.45) is 5.14 Å². The highest BCUT2D eigenvalue weighted by Gasteiger charge is 2.34. The molecule has 1 aromatic rings. The number of nitrogens with two attached hydrogens (primary N) is 1. The molecule has 1 heterocycles. The summed E-state index contributed by atoms with van der Waals surface area (Å²) >= 11 is 0. The maximum absolute atomic E-state index is 11.4. The van der Waals surface area contributed by atoms with Crippen LogP contribution in [-0.4, -0.2) is 38.5 Å². The second-order valence-electron chi connectivity index (χ2n) is 6.22. The number of rotatable bonds is 5. The molecule has 1 aliphatic heterocycles. The maximum atomic E-state index is 11.4. The summed E-state index contributed by atoms with van der Waals surface area (Å²) in [5.74, 6) is 0. The third-order valence-corrected chi connectivity index (χ3v) is 5.37. The topological polar surface area (TPSA) is 75.4 Å². The van der Waals surface area contributed by atoms with E-state index in [9.17, 15) is 8.42 Å². The van der Waals surface area contributed by atoms with Crippen molar-refractivity contribution in [1.82, 2.24) is 10.2 Å². The number of nitrogens with one attached hydrogen (secondary N) is 1. The minimum Gasteiger partial charge on any atom is -0.306 e.